The van der Waals surface area contributed by atoms with Crippen LogP contribution in [0.15, 0.2) is 0 Å². The number of hydrogen-bond donors (Lipinski definition) is 4. The number of unbranched alkanes of at least 4 members (excludes halogenated alkanes) is 1. The number of nitrogens with zero attached hydrogens (tertiary/aromatic N) is 2. The van der Waals surface area contributed by atoms with Gasteiger partial charge in [-0.25, -0.2) is 0 Å². The summed E-state index contributed by atoms with van der Waals surface area (Å²) in [6, 6.07) is 0. The lowest BCUT2D eigenvalue weighted by molar-refractivity contribution is 0.0739. The van der Waals surface area contributed by atoms with Crippen LogP contribution < -0.4 is 0 Å². The second-order valence-corrected chi connectivity index (χ2v) is 6.62. The van der Waals surface area contributed by atoms with Crippen molar-refractivity contribution in [3.8, 4) is 0 Å². The maximum Gasteiger partial charge on any atom is 0.0639 e. The molecule has 6 nitrogen and oxygen atoms in total. The van der Waals surface area contributed by atoms with Gasteiger partial charge in [-0.3, -0.25) is 9.80 Å². The van der Waals surface area contributed by atoms with E-state index in [0.29, 0.717) is 26.2 Å². The molecule has 0 rings (SSSR count). The summed E-state index contributed by atoms with van der Waals surface area (Å²) in [7, 11) is 0. The van der Waals surface area contributed by atoms with E-state index in [2.05, 4.69) is 9.80 Å². The molecule has 22 heavy (non-hydrogen) atoms. The molecule has 0 aromatic heterocycles. The van der Waals surface area contributed by atoms with E-state index in [4.69, 9.17) is 0 Å². The predicted octanol–water partition coefficient (Wildman–Crippen LogP) is -0.106. The number of hydrogen-bond acceptors (Lipinski definition) is 6. The highest BCUT2D eigenvalue weighted by Gasteiger charge is 2.13. The zero-order valence-corrected chi connectivity index (χ0v) is 14.6. The first-order chi connectivity index (χ1) is 10.2. The van der Waals surface area contributed by atoms with Gasteiger partial charge in [-0.2, -0.15) is 0 Å². The molecule has 0 bridgehead atoms. The fourth-order valence-corrected chi connectivity index (χ4v) is 2.68. The van der Waals surface area contributed by atoms with Gasteiger partial charge in [-0.15, -0.1) is 0 Å². The number of aliphatic hydroxyl groups excluding tert-OH is 4. The summed E-state index contributed by atoms with van der Waals surface area (Å²) in [4.78, 5) is 4.14. The van der Waals surface area contributed by atoms with Crippen molar-refractivity contribution < 1.29 is 20.4 Å². The first-order valence-electron chi connectivity index (χ1n) is 8.37. The molecule has 0 saturated carbocycles. The van der Waals surface area contributed by atoms with Crippen LogP contribution in [-0.4, -0.2) is 93.9 Å². The van der Waals surface area contributed by atoms with E-state index in [1.807, 2.05) is 0 Å². The van der Waals surface area contributed by atoms with Crippen LogP contribution in [0.4, 0.5) is 0 Å². The second-order valence-electron chi connectivity index (χ2n) is 6.62. The summed E-state index contributed by atoms with van der Waals surface area (Å²) >= 11 is 0. The molecule has 0 radical (unpaired) electrons. The van der Waals surface area contributed by atoms with Crippen LogP contribution in [0, 0.1) is 0 Å². The van der Waals surface area contributed by atoms with E-state index in [1.165, 1.54) is 0 Å². The maximum absolute atomic E-state index is 9.49. The van der Waals surface area contributed by atoms with Crippen molar-refractivity contribution in [3.63, 3.8) is 0 Å². The van der Waals surface area contributed by atoms with Crippen LogP contribution in [0.25, 0.3) is 0 Å². The van der Waals surface area contributed by atoms with Gasteiger partial charge in [0.2, 0.25) is 0 Å². The smallest absolute Gasteiger partial charge is 0.0639 e. The Hall–Kier alpha value is -0.240. The fourth-order valence-electron chi connectivity index (χ4n) is 2.68. The van der Waals surface area contributed by atoms with Crippen molar-refractivity contribution >= 4 is 0 Å². The lowest BCUT2D eigenvalue weighted by Crippen LogP contribution is -2.38. The van der Waals surface area contributed by atoms with Gasteiger partial charge in [-0.05, 0) is 53.6 Å². The van der Waals surface area contributed by atoms with Gasteiger partial charge < -0.3 is 20.4 Å². The molecule has 6 heteroatoms. The van der Waals surface area contributed by atoms with Crippen molar-refractivity contribution in [1.82, 2.24) is 9.80 Å². The lowest BCUT2D eigenvalue weighted by Gasteiger charge is -2.27. The quantitative estimate of drug-likeness (QED) is 0.354. The first-order valence-corrected chi connectivity index (χ1v) is 8.37. The molecule has 0 fully saturated rings. The fraction of sp³-hybridized carbons (Fsp3) is 1.00. The Bertz CT molecular complexity index is 215. The van der Waals surface area contributed by atoms with Gasteiger partial charge in [0.1, 0.15) is 0 Å². The molecule has 134 valence electrons. The van der Waals surface area contributed by atoms with Gasteiger partial charge in [-0.1, -0.05) is 0 Å². The molecule has 0 aliphatic rings. The molecule has 0 aliphatic carbocycles. The molecule has 4 atom stereocenters. The molecule has 0 aliphatic heterocycles. The third kappa shape index (κ3) is 13.4. The van der Waals surface area contributed by atoms with E-state index in [1.54, 1.807) is 27.7 Å². The Balaban J connectivity index is 4.10. The molecule has 4 N–H and O–H groups in total. The predicted molar refractivity (Wildman–Crippen MR) is 88.8 cm³/mol. The van der Waals surface area contributed by atoms with E-state index in [-0.39, 0.29) is 0 Å². The zero-order chi connectivity index (χ0) is 17.1. The monoisotopic (exact) mass is 320 g/mol. The van der Waals surface area contributed by atoms with Crippen molar-refractivity contribution in [2.75, 3.05) is 39.3 Å². The zero-order valence-electron chi connectivity index (χ0n) is 14.6. The number of aliphatic hydroxyl groups is 4. The van der Waals surface area contributed by atoms with Crippen LogP contribution in [0.5, 0.6) is 0 Å². The van der Waals surface area contributed by atoms with Crippen molar-refractivity contribution in [1.29, 1.82) is 0 Å². The van der Waals surface area contributed by atoms with E-state index >= 15 is 0 Å². The maximum atomic E-state index is 9.49. The van der Waals surface area contributed by atoms with Gasteiger partial charge >= 0.3 is 0 Å². The van der Waals surface area contributed by atoms with E-state index in [0.717, 1.165) is 25.9 Å². The molecule has 0 amide bonds. The summed E-state index contributed by atoms with van der Waals surface area (Å²) in [6.07, 6.45) is 0.299. The van der Waals surface area contributed by atoms with Crippen molar-refractivity contribution in [3.05, 3.63) is 0 Å². The Morgan fingerprint density at radius 1 is 0.545 bits per heavy atom. The Morgan fingerprint density at radius 3 is 0.955 bits per heavy atom. The van der Waals surface area contributed by atoms with Gasteiger partial charge in [0.25, 0.3) is 0 Å². The van der Waals surface area contributed by atoms with Crippen LogP contribution in [0.2, 0.25) is 0 Å². The average Bonchev–Trinajstić information content (AvgIpc) is 2.31. The lowest BCUT2D eigenvalue weighted by atomic mass is 10.2. The molecule has 0 spiro atoms. The molecule has 0 aromatic carbocycles. The standard InChI is InChI=1S/C16H36N2O4/c1-13(19)9-17(10-14(2)20)7-5-6-8-18(11-15(3)21)12-16(4)22/h13-16,19-22H,5-12H2,1-4H3. The average molecular weight is 320 g/mol. The van der Waals surface area contributed by atoms with Crippen molar-refractivity contribution in [2.24, 2.45) is 0 Å². The summed E-state index contributed by atoms with van der Waals surface area (Å²) in [5, 5.41) is 38.0. The third-order valence-corrected chi connectivity index (χ3v) is 3.29. The summed E-state index contributed by atoms with van der Waals surface area (Å²) in [6.45, 7) is 10.9. The van der Waals surface area contributed by atoms with E-state index < -0.39 is 24.4 Å². The summed E-state index contributed by atoms with van der Waals surface area (Å²) in [5.74, 6) is 0. The van der Waals surface area contributed by atoms with Crippen LogP contribution in [0.1, 0.15) is 40.5 Å². The third-order valence-electron chi connectivity index (χ3n) is 3.29. The normalized spacial score (nSPS) is 17.7. The number of rotatable bonds is 13. The Kier molecular flexibility index (Phi) is 12.1. The largest absolute Gasteiger partial charge is 0.392 e. The molecular formula is C16H36N2O4. The molecule has 4 unspecified atom stereocenters. The minimum Gasteiger partial charge on any atom is -0.392 e. The van der Waals surface area contributed by atoms with Crippen molar-refractivity contribution in [2.45, 2.75) is 65.0 Å². The minimum absolute atomic E-state index is 0.402. The molecule has 0 aromatic rings. The van der Waals surface area contributed by atoms with Gasteiger partial charge in [0.15, 0.2) is 0 Å². The molecular weight excluding hydrogens is 284 g/mol. The van der Waals surface area contributed by atoms with Crippen LogP contribution >= 0.6 is 0 Å². The SMILES string of the molecule is CC(O)CN(CCCCN(CC(C)O)CC(C)O)CC(C)O. The topological polar surface area (TPSA) is 87.4 Å². The highest BCUT2D eigenvalue weighted by atomic mass is 16.3. The molecule has 0 heterocycles. The molecule has 0 saturated heterocycles. The van der Waals surface area contributed by atoms with E-state index in [9.17, 15) is 20.4 Å². The van der Waals surface area contributed by atoms with Crippen LogP contribution in [0.3, 0.4) is 0 Å². The highest BCUT2D eigenvalue weighted by molar-refractivity contribution is 4.67. The van der Waals surface area contributed by atoms with Gasteiger partial charge in [0, 0.05) is 26.2 Å². The van der Waals surface area contributed by atoms with Crippen LogP contribution in [-0.2, 0) is 0 Å². The minimum atomic E-state index is -0.402. The van der Waals surface area contributed by atoms with Gasteiger partial charge in [0.05, 0.1) is 24.4 Å². The highest BCUT2D eigenvalue weighted by Crippen LogP contribution is 2.03. The Labute approximate surface area is 135 Å². The Morgan fingerprint density at radius 2 is 0.773 bits per heavy atom. The summed E-state index contributed by atoms with van der Waals surface area (Å²) in [5.41, 5.74) is 0. The second kappa shape index (κ2) is 12.2. The summed E-state index contributed by atoms with van der Waals surface area (Å²) < 4.78 is 0. The first kappa shape index (κ1) is 21.8.